The third-order valence-electron chi connectivity index (χ3n) is 4.44. The number of piperidine rings is 1. The number of nitrogens with zero attached hydrogens (tertiary/aromatic N) is 1. The summed E-state index contributed by atoms with van der Waals surface area (Å²) in [6.45, 7) is 2.51. The van der Waals surface area contributed by atoms with Gasteiger partial charge in [0.2, 0.25) is 0 Å². The van der Waals surface area contributed by atoms with Crippen LogP contribution in [0.25, 0.3) is 0 Å². The van der Waals surface area contributed by atoms with Gasteiger partial charge in [0.05, 0.1) is 11.4 Å². The molecule has 1 fully saturated rings. The Labute approximate surface area is 148 Å². The maximum atomic E-state index is 13.2. The van der Waals surface area contributed by atoms with Gasteiger partial charge in [-0.2, -0.15) is 0 Å². The Morgan fingerprint density at radius 1 is 1.04 bits per heavy atom. The third kappa shape index (κ3) is 4.95. The van der Waals surface area contributed by atoms with E-state index < -0.39 is 0 Å². The zero-order valence-corrected chi connectivity index (χ0v) is 14.3. The van der Waals surface area contributed by atoms with Gasteiger partial charge in [0.15, 0.2) is 0 Å². The molecule has 0 spiro atoms. The summed E-state index contributed by atoms with van der Waals surface area (Å²) < 4.78 is 13.2. The quantitative estimate of drug-likeness (QED) is 0.857. The number of urea groups is 1. The average molecular weight is 341 g/mol. The normalized spacial score (nSPS) is 14.2. The van der Waals surface area contributed by atoms with Crippen LogP contribution in [0.4, 0.5) is 20.6 Å². The summed E-state index contributed by atoms with van der Waals surface area (Å²) in [6.07, 6.45) is 4.24. The van der Waals surface area contributed by atoms with E-state index in [4.69, 9.17) is 0 Å². The van der Waals surface area contributed by atoms with Crippen LogP contribution in [-0.4, -0.2) is 25.7 Å². The monoisotopic (exact) mass is 341 g/mol. The van der Waals surface area contributed by atoms with Crippen molar-refractivity contribution in [2.24, 2.45) is 0 Å². The van der Waals surface area contributed by atoms with Crippen LogP contribution in [0.1, 0.15) is 24.8 Å². The van der Waals surface area contributed by atoms with E-state index in [0.29, 0.717) is 13.0 Å². The first-order valence-corrected chi connectivity index (χ1v) is 8.85. The van der Waals surface area contributed by atoms with Crippen molar-refractivity contribution in [3.63, 3.8) is 0 Å². The maximum Gasteiger partial charge on any atom is 0.319 e. The Morgan fingerprint density at radius 3 is 2.64 bits per heavy atom. The van der Waals surface area contributed by atoms with Gasteiger partial charge in [-0.15, -0.1) is 0 Å². The van der Waals surface area contributed by atoms with E-state index in [1.54, 1.807) is 6.07 Å². The number of nitrogens with one attached hydrogen (secondary N) is 2. The molecule has 1 heterocycles. The average Bonchev–Trinajstić information content (AvgIpc) is 2.63. The van der Waals surface area contributed by atoms with E-state index in [1.165, 1.54) is 31.4 Å². The van der Waals surface area contributed by atoms with E-state index in [-0.39, 0.29) is 11.8 Å². The minimum Gasteiger partial charge on any atom is -0.370 e. The second-order valence-corrected chi connectivity index (χ2v) is 6.33. The molecule has 132 valence electrons. The number of benzene rings is 2. The van der Waals surface area contributed by atoms with Gasteiger partial charge in [0.25, 0.3) is 0 Å². The van der Waals surface area contributed by atoms with Crippen LogP contribution in [-0.2, 0) is 6.42 Å². The minimum atomic E-state index is -0.252. The summed E-state index contributed by atoms with van der Waals surface area (Å²) in [5.74, 6) is -0.252. The Balaban J connectivity index is 1.54. The fraction of sp³-hybridized carbons (Fsp3) is 0.350. The molecule has 1 aliphatic rings. The van der Waals surface area contributed by atoms with Gasteiger partial charge in [-0.3, -0.25) is 0 Å². The molecule has 2 amide bonds. The lowest BCUT2D eigenvalue weighted by molar-refractivity contribution is 0.252. The first-order chi connectivity index (χ1) is 12.2. The standard InChI is InChI=1S/C20H24FN3O/c21-17-8-6-7-16(15-17)11-12-22-20(25)23-18-9-2-3-10-19(18)24-13-4-1-5-14-24/h2-3,6-10,15H,1,4-5,11-14H2,(H2,22,23,25). The summed E-state index contributed by atoms with van der Waals surface area (Å²) in [5.41, 5.74) is 2.77. The fourth-order valence-corrected chi connectivity index (χ4v) is 3.17. The molecule has 0 atom stereocenters. The Bertz CT molecular complexity index is 714. The molecule has 5 heteroatoms. The first kappa shape index (κ1) is 17.3. The summed E-state index contributed by atoms with van der Waals surface area (Å²) >= 11 is 0. The van der Waals surface area contributed by atoms with Crippen LogP contribution in [0.15, 0.2) is 48.5 Å². The van der Waals surface area contributed by atoms with Gasteiger partial charge in [0.1, 0.15) is 5.82 Å². The van der Waals surface area contributed by atoms with E-state index in [9.17, 15) is 9.18 Å². The van der Waals surface area contributed by atoms with Crippen molar-refractivity contribution in [3.8, 4) is 0 Å². The molecule has 0 aromatic heterocycles. The fourth-order valence-electron chi connectivity index (χ4n) is 3.17. The number of halogens is 1. The predicted molar refractivity (Wildman–Crippen MR) is 99.6 cm³/mol. The summed E-state index contributed by atoms with van der Waals surface area (Å²) in [6, 6.07) is 14.1. The van der Waals surface area contributed by atoms with Crippen molar-refractivity contribution in [1.29, 1.82) is 0 Å². The highest BCUT2D eigenvalue weighted by atomic mass is 19.1. The zero-order valence-electron chi connectivity index (χ0n) is 14.3. The number of amides is 2. The Hall–Kier alpha value is -2.56. The topological polar surface area (TPSA) is 44.4 Å². The highest BCUT2D eigenvalue weighted by Crippen LogP contribution is 2.28. The summed E-state index contributed by atoms with van der Waals surface area (Å²) in [4.78, 5) is 14.5. The molecule has 2 aromatic rings. The molecule has 0 aliphatic carbocycles. The molecule has 0 unspecified atom stereocenters. The molecule has 2 aromatic carbocycles. The van der Waals surface area contributed by atoms with Crippen LogP contribution in [0.3, 0.4) is 0 Å². The van der Waals surface area contributed by atoms with Crippen LogP contribution >= 0.6 is 0 Å². The summed E-state index contributed by atoms with van der Waals surface area (Å²) in [7, 11) is 0. The molecular formula is C20H24FN3O. The summed E-state index contributed by atoms with van der Waals surface area (Å²) in [5, 5.41) is 5.78. The molecule has 25 heavy (non-hydrogen) atoms. The van der Waals surface area contributed by atoms with Crippen LogP contribution in [0.5, 0.6) is 0 Å². The molecule has 3 rings (SSSR count). The smallest absolute Gasteiger partial charge is 0.319 e. The van der Waals surface area contributed by atoms with Gasteiger partial charge in [0, 0.05) is 19.6 Å². The van der Waals surface area contributed by atoms with E-state index in [1.807, 2.05) is 30.3 Å². The Morgan fingerprint density at radius 2 is 1.84 bits per heavy atom. The van der Waals surface area contributed by atoms with Gasteiger partial charge in [-0.1, -0.05) is 24.3 Å². The molecular weight excluding hydrogens is 317 g/mol. The predicted octanol–water partition coefficient (Wildman–Crippen LogP) is 4.18. The molecule has 2 N–H and O–H groups in total. The second-order valence-electron chi connectivity index (χ2n) is 6.33. The lowest BCUT2D eigenvalue weighted by Crippen LogP contribution is -2.33. The number of para-hydroxylation sites is 2. The lowest BCUT2D eigenvalue weighted by atomic mass is 10.1. The van der Waals surface area contributed by atoms with Crippen molar-refractivity contribution in [1.82, 2.24) is 5.32 Å². The molecule has 0 saturated carbocycles. The number of hydrogen-bond acceptors (Lipinski definition) is 2. The van der Waals surface area contributed by atoms with Gasteiger partial charge in [-0.25, -0.2) is 9.18 Å². The lowest BCUT2D eigenvalue weighted by Gasteiger charge is -2.30. The first-order valence-electron chi connectivity index (χ1n) is 8.85. The number of rotatable bonds is 5. The highest BCUT2D eigenvalue weighted by Gasteiger charge is 2.15. The SMILES string of the molecule is O=C(NCCc1cccc(F)c1)Nc1ccccc1N1CCCCC1. The highest BCUT2D eigenvalue weighted by molar-refractivity contribution is 5.93. The molecule has 4 nitrogen and oxygen atoms in total. The number of carbonyl (C=O) groups is 1. The van der Waals surface area contributed by atoms with E-state index in [0.717, 1.165) is 30.0 Å². The van der Waals surface area contributed by atoms with Crippen molar-refractivity contribution in [3.05, 3.63) is 59.9 Å². The molecule has 0 radical (unpaired) electrons. The minimum absolute atomic E-state index is 0.235. The zero-order chi connectivity index (χ0) is 17.5. The number of anilines is 2. The van der Waals surface area contributed by atoms with Crippen LogP contribution < -0.4 is 15.5 Å². The van der Waals surface area contributed by atoms with E-state index in [2.05, 4.69) is 15.5 Å². The van der Waals surface area contributed by atoms with Gasteiger partial charge in [-0.05, 0) is 55.5 Å². The number of hydrogen-bond donors (Lipinski definition) is 2. The number of carbonyl (C=O) groups excluding carboxylic acids is 1. The molecule has 0 bridgehead atoms. The molecule has 1 saturated heterocycles. The molecule has 1 aliphatic heterocycles. The van der Waals surface area contributed by atoms with Crippen LogP contribution in [0.2, 0.25) is 0 Å². The van der Waals surface area contributed by atoms with Crippen molar-refractivity contribution < 1.29 is 9.18 Å². The van der Waals surface area contributed by atoms with E-state index >= 15 is 0 Å². The largest absolute Gasteiger partial charge is 0.370 e. The van der Waals surface area contributed by atoms with Crippen molar-refractivity contribution in [2.75, 3.05) is 29.9 Å². The van der Waals surface area contributed by atoms with Crippen molar-refractivity contribution >= 4 is 17.4 Å². The third-order valence-corrected chi connectivity index (χ3v) is 4.44. The Kier molecular flexibility index (Phi) is 5.88. The maximum absolute atomic E-state index is 13.2. The van der Waals surface area contributed by atoms with Gasteiger partial charge < -0.3 is 15.5 Å². The second kappa shape index (κ2) is 8.51. The van der Waals surface area contributed by atoms with Crippen LogP contribution in [0, 0.1) is 5.82 Å². The van der Waals surface area contributed by atoms with Crippen molar-refractivity contribution in [2.45, 2.75) is 25.7 Å². The van der Waals surface area contributed by atoms with Gasteiger partial charge >= 0.3 is 6.03 Å².